The lowest BCUT2D eigenvalue weighted by molar-refractivity contribution is -0.385. The molecule has 7 heteroatoms. The van der Waals surface area contributed by atoms with Gasteiger partial charge in [0.15, 0.2) is 0 Å². The normalized spacial score (nSPS) is 10.5. The van der Waals surface area contributed by atoms with E-state index in [0.717, 1.165) is 6.07 Å². The van der Waals surface area contributed by atoms with Gasteiger partial charge in [-0.1, -0.05) is 0 Å². The van der Waals surface area contributed by atoms with Gasteiger partial charge in [0.05, 0.1) is 15.0 Å². The van der Waals surface area contributed by atoms with Gasteiger partial charge >= 0.3 is 0 Å². The topological polar surface area (TPSA) is 52.4 Å². The SMILES string of the molecule is Cc1cc(OCc2c(F)ccc(Br)c2F)ccc1[N+](=O)[O-]. The van der Waals surface area contributed by atoms with E-state index < -0.39 is 16.6 Å². The maximum absolute atomic E-state index is 13.8. The van der Waals surface area contributed by atoms with Crippen LogP contribution in [0, 0.1) is 28.7 Å². The zero-order chi connectivity index (χ0) is 15.6. The molecule has 2 rings (SSSR count). The summed E-state index contributed by atoms with van der Waals surface area (Å²) < 4.78 is 32.8. The van der Waals surface area contributed by atoms with Gasteiger partial charge in [0.25, 0.3) is 5.69 Å². The highest BCUT2D eigenvalue weighted by Gasteiger charge is 2.14. The third-order valence-electron chi connectivity index (χ3n) is 2.89. The van der Waals surface area contributed by atoms with Gasteiger partial charge < -0.3 is 4.74 Å². The Morgan fingerprint density at radius 2 is 2.00 bits per heavy atom. The lowest BCUT2D eigenvalue weighted by Gasteiger charge is -2.09. The van der Waals surface area contributed by atoms with Crippen molar-refractivity contribution in [3.05, 3.63) is 67.7 Å². The zero-order valence-corrected chi connectivity index (χ0v) is 12.5. The Labute approximate surface area is 127 Å². The third-order valence-corrected chi connectivity index (χ3v) is 3.50. The molecule has 0 bridgehead atoms. The average Bonchev–Trinajstić information content (AvgIpc) is 2.43. The molecule has 2 aromatic rings. The van der Waals surface area contributed by atoms with Gasteiger partial charge in [-0.3, -0.25) is 10.1 Å². The molecular weight excluding hydrogens is 348 g/mol. The highest BCUT2D eigenvalue weighted by atomic mass is 79.9. The zero-order valence-electron chi connectivity index (χ0n) is 10.9. The highest BCUT2D eigenvalue weighted by molar-refractivity contribution is 9.10. The van der Waals surface area contributed by atoms with Crippen molar-refractivity contribution < 1.29 is 18.4 Å². The maximum Gasteiger partial charge on any atom is 0.272 e. The van der Waals surface area contributed by atoms with Gasteiger partial charge in [-0.25, -0.2) is 8.78 Å². The Morgan fingerprint density at radius 1 is 1.29 bits per heavy atom. The van der Waals surface area contributed by atoms with Gasteiger partial charge in [-0.15, -0.1) is 0 Å². The Bertz CT molecular complexity index is 707. The van der Waals surface area contributed by atoms with Crippen LogP contribution in [0.15, 0.2) is 34.8 Å². The molecule has 0 atom stereocenters. The number of halogens is 3. The van der Waals surface area contributed by atoms with E-state index in [1.807, 2.05) is 0 Å². The molecule has 0 aliphatic rings. The molecule has 0 saturated carbocycles. The van der Waals surface area contributed by atoms with Gasteiger partial charge in [-0.2, -0.15) is 0 Å². The summed E-state index contributed by atoms with van der Waals surface area (Å²) in [7, 11) is 0. The van der Waals surface area contributed by atoms with Crippen molar-refractivity contribution in [1.82, 2.24) is 0 Å². The summed E-state index contributed by atoms with van der Waals surface area (Å²) in [6.07, 6.45) is 0. The number of rotatable bonds is 4. The molecule has 0 radical (unpaired) electrons. The molecule has 21 heavy (non-hydrogen) atoms. The van der Waals surface area contributed by atoms with E-state index in [9.17, 15) is 18.9 Å². The van der Waals surface area contributed by atoms with Gasteiger partial charge in [-0.05, 0) is 47.1 Å². The predicted octanol–water partition coefficient (Wildman–Crippen LogP) is 4.52. The number of hydrogen-bond acceptors (Lipinski definition) is 3. The van der Waals surface area contributed by atoms with Crippen LogP contribution in [0.4, 0.5) is 14.5 Å². The average molecular weight is 358 g/mol. The predicted molar refractivity (Wildman–Crippen MR) is 76.2 cm³/mol. The Morgan fingerprint density at radius 3 is 2.62 bits per heavy atom. The van der Waals surface area contributed by atoms with E-state index >= 15 is 0 Å². The number of benzene rings is 2. The van der Waals surface area contributed by atoms with Gasteiger partial charge in [0.1, 0.15) is 24.0 Å². The quantitative estimate of drug-likeness (QED) is 0.459. The molecule has 0 saturated heterocycles. The lowest BCUT2D eigenvalue weighted by Crippen LogP contribution is -2.03. The van der Waals surface area contributed by atoms with Crippen LogP contribution in [-0.2, 0) is 6.61 Å². The van der Waals surface area contributed by atoms with Crippen molar-refractivity contribution in [2.75, 3.05) is 0 Å². The summed E-state index contributed by atoms with van der Waals surface area (Å²) in [5.41, 5.74) is 0.162. The van der Waals surface area contributed by atoms with Crippen molar-refractivity contribution >= 4 is 21.6 Å². The highest BCUT2D eigenvalue weighted by Crippen LogP contribution is 2.26. The Balaban J connectivity index is 2.19. The third kappa shape index (κ3) is 3.36. The van der Waals surface area contributed by atoms with E-state index in [1.54, 1.807) is 6.92 Å². The summed E-state index contributed by atoms with van der Waals surface area (Å²) in [6, 6.07) is 6.53. The van der Waals surface area contributed by atoms with E-state index in [2.05, 4.69) is 15.9 Å². The van der Waals surface area contributed by atoms with Gasteiger partial charge in [0, 0.05) is 11.6 Å². The Kier molecular flexibility index (Phi) is 4.52. The molecular formula is C14H10BrF2NO3. The minimum absolute atomic E-state index is 0.0397. The molecule has 0 aliphatic carbocycles. The smallest absolute Gasteiger partial charge is 0.272 e. The summed E-state index contributed by atoms with van der Waals surface area (Å²) in [5, 5.41) is 10.7. The van der Waals surface area contributed by atoms with Crippen molar-refractivity contribution in [3.8, 4) is 5.75 Å². The Hall–Kier alpha value is -2.02. The number of nitrogens with zero attached hydrogens (tertiary/aromatic N) is 1. The number of aryl methyl sites for hydroxylation is 1. The fraction of sp³-hybridized carbons (Fsp3) is 0.143. The second kappa shape index (κ2) is 6.17. The van der Waals surface area contributed by atoms with Crippen LogP contribution in [0.3, 0.4) is 0 Å². The molecule has 2 aromatic carbocycles. The van der Waals surface area contributed by atoms with Crippen LogP contribution < -0.4 is 4.74 Å². The number of hydrogen-bond donors (Lipinski definition) is 0. The number of nitro groups is 1. The van der Waals surface area contributed by atoms with Crippen LogP contribution in [0.2, 0.25) is 0 Å². The fourth-order valence-electron chi connectivity index (χ4n) is 1.78. The number of nitro benzene ring substituents is 1. The molecule has 0 aromatic heterocycles. The number of ether oxygens (including phenoxy) is 1. The first-order valence-electron chi connectivity index (χ1n) is 5.90. The first kappa shape index (κ1) is 15.4. The van der Waals surface area contributed by atoms with Crippen molar-refractivity contribution in [2.24, 2.45) is 0 Å². The lowest BCUT2D eigenvalue weighted by atomic mass is 10.2. The van der Waals surface area contributed by atoms with E-state index in [0.29, 0.717) is 11.3 Å². The van der Waals surface area contributed by atoms with Crippen LogP contribution in [-0.4, -0.2) is 4.92 Å². The molecule has 0 unspecified atom stereocenters. The molecule has 0 heterocycles. The van der Waals surface area contributed by atoms with Crippen molar-refractivity contribution in [1.29, 1.82) is 0 Å². The monoisotopic (exact) mass is 357 g/mol. The first-order chi connectivity index (χ1) is 9.90. The van der Waals surface area contributed by atoms with Crippen molar-refractivity contribution in [3.63, 3.8) is 0 Å². The van der Waals surface area contributed by atoms with E-state index in [4.69, 9.17) is 4.74 Å². The summed E-state index contributed by atoms with van der Waals surface area (Å²) in [6.45, 7) is 1.25. The van der Waals surface area contributed by atoms with E-state index in [-0.39, 0.29) is 22.3 Å². The molecule has 0 spiro atoms. The molecule has 0 amide bonds. The molecule has 4 nitrogen and oxygen atoms in total. The largest absolute Gasteiger partial charge is 0.489 e. The first-order valence-corrected chi connectivity index (χ1v) is 6.69. The molecule has 110 valence electrons. The van der Waals surface area contributed by atoms with Crippen LogP contribution >= 0.6 is 15.9 Å². The molecule has 0 aliphatic heterocycles. The minimum Gasteiger partial charge on any atom is -0.489 e. The standard InChI is InChI=1S/C14H10BrF2NO3/c1-8-6-9(2-5-13(8)18(19)20)21-7-10-12(16)4-3-11(15)14(10)17/h2-6H,7H2,1H3. The maximum atomic E-state index is 13.8. The fourth-order valence-corrected chi connectivity index (χ4v) is 2.15. The summed E-state index contributed by atoms with van der Waals surface area (Å²) >= 11 is 2.97. The van der Waals surface area contributed by atoms with Crippen LogP contribution in [0.5, 0.6) is 5.75 Å². The summed E-state index contributed by atoms with van der Waals surface area (Å²) in [4.78, 5) is 10.2. The molecule has 0 N–H and O–H groups in total. The van der Waals surface area contributed by atoms with E-state index in [1.165, 1.54) is 24.3 Å². The van der Waals surface area contributed by atoms with Crippen LogP contribution in [0.1, 0.15) is 11.1 Å². The van der Waals surface area contributed by atoms with Crippen LogP contribution in [0.25, 0.3) is 0 Å². The summed E-state index contributed by atoms with van der Waals surface area (Å²) in [5.74, 6) is -1.14. The van der Waals surface area contributed by atoms with Crippen molar-refractivity contribution in [2.45, 2.75) is 13.5 Å². The minimum atomic E-state index is -0.728. The molecule has 0 fully saturated rings. The second-order valence-corrected chi connectivity index (χ2v) is 5.17. The second-order valence-electron chi connectivity index (χ2n) is 4.32. The van der Waals surface area contributed by atoms with Gasteiger partial charge in [0.2, 0.25) is 0 Å².